The van der Waals surface area contributed by atoms with Crippen molar-refractivity contribution in [2.45, 2.75) is 70.3 Å². The number of benzene rings is 1. The average Bonchev–Trinajstić information content (AvgIpc) is 3.55. The topological polar surface area (TPSA) is 62.3 Å². The summed E-state index contributed by atoms with van der Waals surface area (Å²) in [6, 6.07) is 1.87. The summed E-state index contributed by atoms with van der Waals surface area (Å²) in [6.45, 7) is 3.66. The first-order valence-corrected chi connectivity index (χ1v) is 11.6. The van der Waals surface area contributed by atoms with E-state index in [1.807, 2.05) is 6.92 Å². The normalized spacial score (nSPS) is 21.2. The fourth-order valence-electron chi connectivity index (χ4n) is 4.82. The molecule has 2 amide bonds. The lowest BCUT2D eigenvalue weighted by molar-refractivity contribution is -0.140. The number of rotatable bonds is 6. The van der Waals surface area contributed by atoms with Crippen LogP contribution in [0.5, 0.6) is 0 Å². The van der Waals surface area contributed by atoms with Crippen molar-refractivity contribution in [1.29, 1.82) is 0 Å². The van der Waals surface area contributed by atoms with Crippen LogP contribution in [-0.2, 0) is 11.0 Å². The van der Waals surface area contributed by atoms with Gasteiger partial charge in [0.05, 0.1) is 11.6 Å². The van der Waals surface area contributed by atoms with Gasteiger partial charge in [-0.05, 0) is 69.2 Å². The Hall–Kier alpha value is -3.04. The highest BCUT2D eigenvalue weighted by Crippen LogP contribution is 2.43. The Labute approximate surface area is 199 Å². The van der Waals surface area contributed by atoms with E-state index >= 15 is 0 Å². The van der Waals surface area contributed by atoms with E-state index in [1.165, 1.54) is 11.1 Å². The lowest BCUT2D eigenvalue weighted by Crippen LogP contribution is -2.49. The predicted octanol–water partition coefficient (Wildman–Crippen LogP) is 5.34. The van der Waals surface area contributed by atoms with Crippen molar-refractivity contribution in [3.63, 3.8) is 0 Å². The Kier molecular flexibility index (Phi) is 6.83. The zero-order valence-electron chi connectivity index (χ0n) is 19.3. The van der Waals surface area contributed by atoms with Crippen LogP contribution in [0.4, 0.5) is 22.0 Å². The number of pyridine rings is 1. The van der Waals surface area contributed by atoms with Crippen molar-refractivity contribution in [2.75, 3.05) is 0 Å². The van der Waals surface area contributed by atoms with Crippen LogP contribution in [0, 0.1) is 24.5 Å². The van der Waals surface area contributed by atoms with Gasteiger partial charge in [0.25, 0.3) is 5.91 Å². The molecule has 1 aliphatic carbocycles. The number of likely N-dealkylation sites (tertiary alicyclic amines) is 1. The van der Waals surface area contributed by atoms with Gasteiger partial charge in [-0.1, -0.05) is 6.92 Å². The van der Waals surface area contributed by atoms with E-state index in [-0.39, 0.29) is 29.5 Å². The van der Waals surface area contributed by atoms with Gasteiger partial charge in [-0.3, -0.25) is 14.6 Å². The number of aryl methyl sites for hydroxylation is 1. The van der Waals surface area contributed by atoms with Gasteiger partial charge in [-0.25, -0.2) is 8.78 Å². The fraction of sp³-hybridized carbons (Fsp3) is 0.480. The first-order valence-electron chi connectivity index (χ1n) is 11.6. The molecular weight excluding hydrogens is 469 g/mol. The molecule has 1 N–H and O–H groups in total. The highest BCUT2D eigenvalue weighted by molar-refractivity contribution is 5.98. The number of alkyl halides is 3. The van der Waals surface area contributed by atoms with Crippen LogP contribution in [0.3, 0.4) is 0 Å². The number of carbonyl (C=O) groups is 2. The first-order chi connectivity index (χ1) is 16.5. The van der Waals surface area contributed by atoms with Gasteiger partial charge < -0.3 is 10.2 Å². The van der Waals surface area contributed by atoms with Gasteiger partial charge in [-0.2, -0.15) is 13.2 Å². The van der Waals surface area contributed by atoms with E-state index in [1.54, 1.807) is 19.1 Å². The van der Waals surface area contributed by atoms with Gasteiger partial charge in [0.1, 0.15) is 17.7 Å². The van der Waals surface area contributed by atoms with Crippen LogP contribution < -0.4 is 5.32 Å². The third-order valence-corrected chi connectivity index (χ3v) is 6.77. The Morgan fingerprint density at radius 1 is 1.11 bits per heavy atom. The monoisotopic (exact) mass is 495 g/mol. The maximum Gasteiger partial charge on any atom is 0.419 e. The molecule has 1 aromatic heterocycles. The molecule has 0 spiro atoms. The predicted molar refractivity (Wildman–Crippen MR) is 117 cm³/mol. The van der Waals surface area contributed by atoms with E-state index in [2.05, 4.69) is 10.3 Å². The Morgan fingerprint density at radius 2 is 1.83 bits per heavy atom. The summed E-state index contributed by atoms with van der Waals surface area (Å²) < 4.78 is 67.9. The molecule has 10 heteroatoms. The lowest BCUT2D eigenvalue weighted by Gasteiger charge is -2.31. The van der Waals surface area contributed by atoms with Gasteiger partial charge in [0.2, 0.25) is 5.91 Å². The molecule has 1 saturated heterocycles. The molecule has 1 unspecified atom stereocenters. The highest BCUT2D eigenvalue weighted by atomic mass is 19.4. The highest BCUT2D eigenvalue weighted by Gasteiger charge is 2.44. The standard InChI is InChI=1S/C25H26F5N3O2/c1-3-16-6-7-21(33(16)24(35)15-8-9-31-13(2)10-15)23(34)32-22(14-4-5-14)17-11-20(27)18(12-19(17)26)25(28,29)30/h8-12,14,16,21-22H,3-7H2,1-2H3,(H,32,34)/t16-,21-,22?/m1/s1. The van der Waals surface area contributed by atoms with Gasteiger partial charge in [0.15, 0.2) is 0 Å². The largest absolute Gasteiger partial charge is 0.419 e. The molecule has 2 heterocycles. The number of amides is 2. The molecule has 3 atom stereocenters. The molecule has 5 nitrogen and oxygen atoms in total. The maximum atomic E-state index is 14.7. The van der Waals surface area contributed by atoms with Crippen LogP contribution in [-0.4, -0.2) is 33.8 Å². The van der Waals surface area contributed by atoms with E-state index in [9.17, 15) is 31.5 Å². The zero-order valence-corrected chi connectivity index (χ0v) is 19.3. The Balaban J connectivity index is 1.60. The lowest BCUT2D eigenvalue weighted by atomic mass is 9.98. The van der Waals surface area contributed by atoms with Crippen LogP contribution in [0.2, 0.25) is 0 Å². The average molecular weight is 495 g/mol. The minimum atomic E-state index is -5.03. The summed E-state index contributed by atoms with van der Waals surface area (Å²) in [6.07, 6.45) is -0.664. The van der Waals surface area contributed by atoms with Crippen molar-refractivity contribution in [1.82, 2.24) is 15.2 Å². The zero-order chi connectivity index (χ0) is 25.5. The van der Waals surface area contributed by atoms with Gasteiger partial charge >= 0.3 is 6.18 Å². The molecule has 0 radical (unpaired) electrons. The fourth-order valence-corrected chi connectivity index (χ4v) is 4.82. The maximum absolute atomic E-state index is 14.7. The molecule has 188 valence electrons. The number of halogens is 5. The minimum Gasteiger partial charge on any atom is -0.347 e. The molecule has 2 aliphatic rings. The minimum absolute atomic E-state index is 0.135. The Morgan fingerprint density at radius 3 is 2.43 bits per heavy atom. The summed E-state index contributed by atoms with van der Waals surface area (Å²) in [4.78, 5) is 32.3. The molecule has 1 saturated carbocycles. The smallest absolute Gasteiger partial charge is 0.347 e. The number of aromatic nitrogens is 1. The molecule has 2 aromatic rings. The van der Waals surface area contributed by atoms with Crippen LogP contribution in [0.15, 0.2) is 30.5 Å². The molecule has 35 heavy (non-hydrogen) atoms. The van der Waals surface area contributed by atoms with E-state index < -0.39 is 41.4 Å². The third kappa shape index (κ3) is 5.16. The molecular formula is C25H26F5N3O2. The van der Waals surface area contributed by atoms with Crippen LogP contribution in [0.1, 0.15) is 72.2 Å². The number of hydrogen-bond donors (Lipinski definition) is 1. The summed E-state index contributed by atoms with van der Waals surface area (Å²) in [5.41, 5.74) is -0.965. The Bertz CT molecular complexity index is 1130. The first kappa shape index (κ1) is 25.1. The van der Waals surface area contributed by atoms with Crippen molar-refractivity contribution < 1.29 is 31.5 Å². The van der Waals surface area contributed by atoms with Crippen molar-refractivity contribution >= 4 is 11.8 Å². The van der Waals surface area contributed by atoms with Crippen LogP contribution in [0.25, 0.3) is 0 Å². The molecule has 1 aliphatic heterocycles. The quantitative estimate of drug-likeness (QED) is 0.551. The third-order valence-electron chi connectivity index (χ3n) is 6.77. The number of nitrogens with zero attached hydrogens (tertiary/aromatic N) is 2. The van der Waals surface area contributed by atoms with Gasteiger partial charge in [-0.15, -0.1) is 0 Å². The molecule has 4 rings (SSSR count). The summed E-state index contributed by atoms with van der Waals surface area (Å²) >= 11 is 0. The molecule has 0 bridgehead atoms. The van der Waals surface area contributed by atoms with E-state index in [0.29, 0.717) is 49.4 Å². The SMILES string of the molecule is CC[C@@H]1CC[C@H](C(=O)NC(c2cc(F)c(C(F)(F)F)cc2F)C2CC2)N1C(=O)c1ccnc(C)c1. The summed E-state index contributed by atoms with van der Waals surface area (Å²) in [7, 11) is 0. The second-order valence-corrected chi connectivity index (χ2v) is 9.23. The number of carbonyl (C=O) groups excluding carboxylic acids is 2. The molecule has 2 fully saturated rings. The van der Waals surface area contributed by atoms with Crippen molar-refractivity contribution in [2.24, 2.45) is 5.92 Å². The second-order valence-electron chi connectivity index (χ2n) is 9.23. The number of hydrogen-bond acceptors (Lipinski definition) is 3. The van der Waals surface area contributed by atoms with E-state index in [4.69, 9.17) is 0 Å². The summed E-state index contributed by atoms with van der Waals surface area (Å²) in [5, 5.41) is 2.72. The number of nitrogens with one attached hydrogen (secondary N) is 1. The second kappa shape index (κ2) is 9.54. The van der Waals surface area contributed by atoms with Gasteiger partial charge in [0, 0.05) is 29.1 Å². The van der Waals surface area contributed by atoms with E-state index in [0.717, 1.165) is 0 Å². The molecule has 1 aromatic carbocycles. The van der Waals surface area contributed by atoms with Crippen molar-refractivity contribution in [3.05, 3.63) is 64.5 Å². The summed E-state index contributed by atoms with van der Waals surface area (Å²) in [5.74, 6) is -3.90. The van der Waals surface area contributed by atoms with Crippen LogP contribution >= 0.6 is 0 Å². The van der Waals surface area contributed by atoms with Crippen molar-refractivity contribution in [3.8, 4) is 0 Å².